The molecule has 0 bridgehead atoms. The molecule has 1 aliphatic rings. The van der Waals surface area contributed by atoms with E-state index in [0.717, 1.165) is 10.9 Å². The first-order chi connectivity index (χ1) is 12.6. The summed E-state index contributed by atoms with van der Waals surface area (Å²) in [5.74, 6) is 0.629. The molecular formula is C19H20N4O3. The van der Waals surface area contributed by atoms with E-state index < -0.39 is 5.60 Å². The van der Waals surface area contributed by atoms with Crippen molar-refractivity contribution in [3.8, 4) is 5.75 Å². The van der Waals surface area contributed by atoms with Crippen LogP contribution >= 0.6 is 0 Å². The van der Waals surface area contributed by atoms with Crippen LogP contribution in [0.3, 0.4) is 0 Å². The van der Waals surface area contributed by atoms with Gasteiger partial charge >= 0.3 is 0 Å². The summed E-state index contributed by atoms with van der Waals surface area (Å²) < 4.78 is 5.25. The number of carbonyl (C=O) groups is 1. The molecule has 2 aromatic heterocycles. The number of hydrogen-bond donors (Lipinski definition) is 2. The Bertz CT molecular complexity index is 912. The van der Waals surface area contributed by atoms with Gasteiger partial charge in [0, 0.05) is 24.7 Å². The summed E-state index contributed by atoms with van der Waals surface area (Å²) in [6, 6.07) is 9.24. The Hall–Kier alpha value is -2.93. The highest BCUT2D eigenvalue weighted by molar-refractivity contribution is 5.97. The van der Waals surface area contributed by atoms with Crippen molar-refractivity contribution < 1.29 is 14.6 Å². The van der Waals surface area contributed by atoms with E-state index >= 15 is 0 Å². The van der Waals surface area contributed by atoms with Crippen LogP contribution in [-0.4, -0.2) is 51.1 Å². The zero-order valence-corrected chi connectivity index (χ0v) is 14.5. The second kappa shape index (κ2) is 6.42. The van der Waals surface area contributed by atoms with Crippen molar-refractivity contribution in [2.24, 2.45) is 0 Å². The van der Waals surface area contributed by atoms with E-state index in [0.29, 0.717) is 43.0 Å². The summed E-state index contributed by atoms with van der Waals surface area (Å²) in [4.78, 5) is 25.6. The largest absolute Gasteiger partial charge is 0.497 e. The lowest BCUT2D eigenvalue weighted by molar-refractivity contribution is -0.0213. The maximum Gasteiger partial charge on any atom is 0.270 e. The summed E-state index contributed by atoms with van der Waals surface area (Å²) >= 11 is 0. The molecule has 7 nitrogen and oxygen atoms in total. The summed E-state index contributed by atoms with van der Waals surface area (Å²) in [6.07, 6.45) is 4.08. The van der Waals surface area contributed by atoms with Crippen molar-refractivity contribution in [1.29, 1.82) is 0 Å². The number of piperidine rings is 1. The molecule has 1 amide bonds. The Morgan fingerprint density at radius 2 is 2.12 bits per heavy atom. The molecule has 3 aromatic rings. The van der Waals surface area contributed by atoms with Crippen LogP contribution in [0.15, 0.2) is 42.9 Å². The van der Waals surface area contributed by atoms with E-state index in [4.69, 9.17) is 4.74 Å². The lowest BCUT2D eigenvalue weighted by atomic mass is 9.84. The Kier molecular flexibility index (Phi) is 4.08. The van der Waals surface area contributed by atoms with Gasteiger partial charge in [-0.25, -0.2) is 9.97 Å². The Morgan fingerprint density at radius 3 is 2.85 bits per heavy atom. The number of aromatic nitrogens is 3. The standard InChI is InChI=1S/C19H20N4O3/c1-26-15-4-2-3-14(10-15)19(25)5-7-23(8-6-19)18(24)16-9-13-11-20-12-21-17(13)22-16/h2-4,9-12,25H,5-8H2,1H3,(H,20,21,22). The van der Waals surface area contributed by atoms with Gasteiger partial charge in [0.1, 0.15) is 23.4 Å². The summed E-state index contributed by atoms with van der Waals surface area (Å²) in [6.45, 7) is 0.959. The van der Waals surface area contributed by atoms with Gasteiger partial charge in [0.25, 0.3) is 5.91 Å². The number of H-pyrrole nitrogens is 1. The number of fused-ring (bicyclic) bond motifs is 1. The number of aliphatic hydroxyl groups is 1. The Labute approximate surface area is 150 Å². The Balaban J connectivity index is 1.49. The van der Waals surface area contributed by atoms with E-state index in [9.17, 15) is 9.90 Å². The number of likely N-dealkylation sites (tertiary alicyclic amines) is 1. The van der Waals surface area contributed by atoms with Crippen molar-refractivity contribution in [1.82, 2.24) is 19.9 Å². The summed E-state index contributed by atoms with van der Waals surface area (Å²) in [5, 5.41) is 11.8. The van der Waals surface area contributed by atoms with E-state index in [-0.39, 0.29) is 5.91 Å². The highest BCUT2D eigenvalue weighted by Crippen LogP contribution is 2.34. The van der Waals surface area contributed by atoms with Crippen molar-refractivity contribution >= 4 is 16.9 Å². The van der Waals surface area contributed by atoms with Crippen molar-refractivity contribution in [3.05, 3.63) is 54.1 Å². The first-order valence-electron chi connectivity index (χ1n) is 8.54. The van der Waals surface area contributed by atoms with Crippen LogP contribution in [0.2, 0.25) is 0 Å². The maximum atomic E-state index is 12.8. The predicted molar refractivity (Wildman–Crippen MR) is 95.9 cm³/mol. The molecule has 26 heavy (non-hydrogen) atoms. The van der Waals surface area contributed by atoms with Gasteiger partial charge in [0.2, 0.25) is 0 Å². The molecule has 1 fully saturated rings. The van der Waals surface area contributed by atoms with Gasteiger partial charge in [-0.05, 0) is 36.6 Å². The fourth-order valence-corrected chi connectivity index (χ4v) is 3.44. The summed E-state index contributed by atoms with van der Waals surface area (Å²) in [5.41, 5.74) is 1.02. The van der Waals surface area contributed by atoms with E-state index in [1.54, 1.807) is 24.3 Å². The average molecular weight is 352 g/mol. The van der Waals surface area contributed by atoms with Crippen LogP contribution in [0.1, 0.15) is 28.9 Å². The quantitative estimate of drug-likeness (QED) is 0.753. The van der Waals surface area contributed by atoms with E-state index in [2.05, 4.69) is 15.0 Å². The van der Waals surface area contributed by atoms with Gasteiger partial charge in [0.05, 0.1) is 12.7 Å². The molecule has 0 spiro atoms. The van der Waals surface area contributed by atoms with Crippen LogP contribution in [0, 0.1) is 0 Å². The number of amides is 1. The smallest absolute Gasteiger partial charge is 0.270 e. The van der Waals surface area contributed by atoms with Gasteiger partial charge in [0.15, 0.2) is 0 Å². The molecule has 134 valence electrons. The number of hydrogen-bond acceptors (Lipinski definition) is 5. The highest BCUT2D eigenvalue weighted by Gasteiger charge is 2.36. The number of nitrogens with zero attached hydrogens (tertiary/aromatic N) is 3. The topological polar surface area (TPSA) is 91.3 Å². The fraction of sp³-hybridized carbons (Fsp3) is 0.316. The van der Waals surface area contributed by atoms with Gasteiger partial charge in [-0.2, -0.15) is 0 Å². The average Bonchev–Trinajstić information content (AvgIpc) is 3.12. The Morgan fingerprint density at radius 1 is 1.31 bits per heavy atom. The number of aromatic amines is 1. The first kappa shape index (κ1) is 16.5. The second-order valence-corrected chi connectivity index (χ2v) is 6.57. The van der Waals surface area contributed by atoms with Gasteiger partial charge in [-0.15, -0.1) is 0 Å². The minimum absolute atomic E-state index is 0.0873. The SMILES string of the molecule is COc1cccc(C2(O)CCN(C(=O)c3cc4cncnc4[nH]3)CC2)c1. The molecule has 0 aliphatic carbocycles. The van der Waals surface area contributed by atoms with Crippen LogP contribution < -0.4 is 4.74 Å². The number of carbonyl (C=O) groups excluding carboxylic acids is 1. The first-order valence-corrected chi connectivity index (χ1v) is 8.54. The molecule has 2 N–H and O–H groups in total. The summed E-state index contributed by atoms with van der Waals surface area (Å²) in [7, 11) is 1.61. The predicted octanol–water partition coefficient (Wildman–Crippen LogP) is 2.09. The monoisotopic (exact) mass is 352 g/mol. The third kappa shape index (κ3) is 2.90. The van der Waals surface area contributed by atoms with Gasteiger partial charge < -0.3 is 19.7 Å². The molecule has 0 saturated carbocycles. The zero-order chi connectivity index (χ0) is 18.1. The number of ether oxygens (including phenoxy) is 1. The molecule has 0 unspecified atom stereocenters. The molecular weight excluding hydrogens is 332 g/mol. The highest BCUT2D eigenvalue weighted by atomic mass is 16.5. The van der Waals surface area contributed by atoms with E-state index in [1.165, 1.54) is 6.33 Å². The van der Waals surface area contributed by atoms with Crippen LogP contribution in [-0.2, 0) is 5.60 Å². The lowest BCUT2D eigenvalue weighted by Gasteiger charge is -2.38. The molecule has 7 heteroatoms. The molecule has 0 atom stereocenters. The number of rotatable bonds is 3. The third-order valence-electron chi connectivity index (χ3n) is 5.01. The van der Waals surface area contributed by atoms with Crippen molar-refractivity contribution in [2.75, 3.05) is 20.2 Å². The maximum absolute atomic E-state index is 12.8. The van der Waals surface area contributed by atoms with Crippen molar-refractivity contribution in [2.45, 2.75) is 18.4 Å². The minimum atomic E-state index is -0.947. The van der Waals surface area contributed by atoms with E-state index in [1.807, 2.05) is 24.3 Å². The molecule has 1 saturated heterocycles. The molecule has 4 rings (SSSR count). The second-order valence-electron chi connectivity index (χ2n) is 6.57. The van der Waals surface area contributed by atoms with Gasteiger partial charge in [-0.1, -0.05) is 12.1 Å². The van der Waals surface area contributed by atoms with Crippen molar-refractivity contribution in [3.63, 3.8) is 0 Å². The lowest BCUT2D eigenvalue weighted by Crippen LogP contribution is -2.45. The third-order valence-corrected chi connectivity index (χ3v) is 5.01. The molecule has 0 radical (unpaired) electrons. The zero-order valence-electron chi connectivity index (χ0n) is 14.5. The number of methoxy groups -OCH3 is 1. The normalized spacial score (nSPS) is 16.6. The van der Waals surface area contributed by atoms with Crippen LogP contribution in [0.5, 0.6) is 5.75 Å². The van der Waals surface area contributed by atoms with Crippen LogP contribution in [0.4, 0.5) is 0 Å². The number of nitrogens with one attached hydrogen (secondary N) is 1. The fourth-order valence-electron chi connectivity index (χ4n) is 3.44. The molecule has 1 aliphatic heterocycles. The molecule has 1 aromatic carbocycles. The molecule has 3 heterocycles. The number of benzene rings is 1. The van der Waals surface area contributed by atoms with Gasteiger partial charge in [-0.3, -0.25) is 4.79 Å². The minimum Gasteiger partial charge on any atom is -0.497 e. The van der Waals surface area contributed by atoms with Crippen LogP contribution in [0.25, 0.3) is 11.0 Å².